The van der Waals surface area contributed by atoms with Gasteiger partial charge >= 0.3 is 0 Å². The van der Waals surface area contributed by atoms with E-state index in [9.17, 15) is 43.2 Å². The summed E-state index contributed by atoms with van der Waals surface area (Å²) in [5.74, 6) is -7.30. The number of para-hydroxylation sites is 1. The normalized spacial score (nSPS) is 23.0. The molecule has 26 nitrogen and oxygen atoms in total. The Morgan fingerprint density at radius 1 is 0.760 bits per heavy atom. The summed E-state index contributed by atoms with van der Waals surface area (Å²) in [6.45, 7) is 1.23. The molecule has 5 rings (SSSR count). The standard InChI is InChI=1S/C49H71N17O9/c1-27(67)60-34(16-9-19-57-48(52)53)42(70)65-38-24-40(68)56-18-8-7-15-33(41(51)69)61-45(73)37(22-29-25-59-32-14-6-5-13-31(29)32)63-43(71)35(17-10-20-58-49(54)55)62-44(72)36(21-28-11-3-2-4-12-28)64-46(74)39-23-30(50)26-66(39)47(38)75/h2-6,11-14,25,30,33-39,59H,7-10,15-24,26,50H2,1H3,(H2,51,69)(H,56,68)(H,60,67)(H,61,73)(H,62,72)(H,63,71)(H,64,74)(H,65,70)(H4,52,53,57)(H4,54,55,58)/t30-,33+,34+,35+,36-,37+,38+,39+/m1/s1. The number of nitrogens with one attached hydrogen (secondary N) is 8. The van der Waals surface area contributed by atoms with E-state index in [-0.39, 0.29) is 102 Å². The van der Waals surface area contributed by atoms with Gasteiger partial charge < -0.3 is 81.5 Å². The van der Waals surface area contributed by atoms with Crippen molar-refractivity contribution in [3.8, 4) is 0 Å². The molecule has 2 fully saturated rings. The number of primary amides is 1. The summed E-state index contributed by atoms with van der Waals surface area (Å²) in [4.78, 5) is 138. The summed E-state index contributed by atoms with van der Waals surface area (Å²) in [6, 6.07) is 5.88. The number of aromatic nitrogens is 1. The van der Waals surface area contributed by atoms with Crippen LogP contribution in [0.5, 0.6) is 0 Å². The molecule has 0 unspecified atom stereocenters. The summed E-state index contributed by atoms with van der Waals surface area (Å²) >= 11 is 0. The highest BCUT2D eigenvalue weighted by atomic mass is 16.2. The molecule has 406 valence electrons. The van der Waals surface area contributed by atoms with Crippen molar-refractivity contribution in [2.24, 2.45) is 44.4 Å². The van der Waals surface area contributed by atoms with Gasteiger partial charge in [0.15, 0.2) is 11.9 Å². The maximum Gasteiger partial charge on any atom is 0.246 e. The predicted octanol–water partition coefficient (Wildman–Crippen LogP) is -3.91. The predicted molar refractivity (Wildman–Crippen MR) is 278 cm³/mol. The Hall–Kier alpha value is -8.29. The average Bonchev–Trinajstić information content (AvgIpc) is 3.96. The number of H-pyrrole nitrogens is 1. The number of carbonyl (C=O) groups excluding carboxylic acids is 9. The fourth-order valence-electron chi connectivity index (χ4n) is 8.94. The minimum absolute atomic E-state index is 0.0273. The van der Waals surface area contributed by atoms with Crippen LogP contribution in [0.25, 0.3) is 10.9 Å². The van der Waals surface area contributed by atoms with E-state index in [1.54, 1.807) is 36.5 Å². The third-order valence-electron chi connectivity index (χ3n) is 12.7. The quantitative estimate of drug-likeness (QED) is 0.0371. The molecule has 0 radical (unpaired) electrons. The largest absolute Gasteiger partial charge is 0.370 e. The van der Waals surface area contributed by atoms with Crippen molar-refractivity contribution in [1.82, 2.24) is 47.1 Å². The summed E-state index contributed by atoms with van der Waals surface area (Å²) in [6.07, 6.45) is 1.79. The molecule has 20 N–H and O–H groups in total. The number of guanidine groups is 2. The number of amides is 9. The maximum absolute atomic E-state index is 14.7. The van der Waals surface area contributed by atoms with Gasteiger partial charge in [-0.15, -0.1) is 0 Å². The molecule has 75 heavy (non-hydrogen) atoms. The molecule has 8 atom stereocenters. The van der Waals surface area contributed by atoms with Crippen LogP contribution in [-0.4, -0.2) is 149 Å². The SMILES string of the molecule is CC(=O)N[C@@H](CCCN=C(N)N)C(=O)N[C@H]1CC(=O)NCCCC[C@@H](C(N)=O)NC(=O)[C@H](Cc2c[nH]c3ccccc23)NC(=O)[C@H](CCCN=C(N)N)NC(=O)[C@@H](Cc2ccccc2)NC(=O)[C@@H]2C[C@@H](N)CN2C1=O. The number of rotatable bonds is 16. The number of nitrogens with two attached hydrogens (primary N) is 6. The molecule has 0 spiro atoms. The second-order valence-corrected chi connectivity index (χ2v) is 18.7. The first-order chi connectivity index (χ1) is 35.8. The zero-order valence-electron chi connectivity index (χ0n) is 42.0. The lowest BCUT2D eigenvalue weighted by molar-refractivity contribution is -0.143. The van der Waals surface area contributed by atoms with Gasteiger partial charge in [-0.1, -0.05) is 48.5 Å². The van der Waals surface area contributed by atoms with Gasteiger partial charge in [0.1, 0.15) is 42.3 Å². The van der Waals surface area contributed by atoms with Crippen LogP contribution in [0.3, 0.4) is 0 Å². The Bertz CT molecular complexity index is 2560. The molecule has 1 aromatic heterocycles. The first kappa shape index (κ1) is 57.6. The number of hydrogen-bond donors (Lipinski definition) is 14. The number of carbonyl (C=O) groups is 9. The summed E-state index contributed by atoms with van der Waals surface area (Å²) in [5, 5.41) is 19.6. The van der Waals surface area contributed by atoms with Gasteiger partial charge in [-0.05, 0) is 68.6 Å². The third kappa shape index (κ3) is 18.0. The number of nitrogens with zero attached hydrogens (tertiary/aromatic N) is 3. The highest BCUT2D eigenvalue weighted by Gasteiger charge is 2.43. The van der Waals surface area contributed by atoms with E-state index in [0.717, 1.165) is 15.8 Å². The Morgan fingerprint density at radius 2 is 1.39 bits per heavy atom. The Balaban J connectivity index is 1.53. The van der Waals surface area contributed by atoms with Crippen LogP contribution in [0.4, 0.5) is 0 Å². The lowest BCUT2D eigenvalue weighted by Crippen LogP contribution is -2.60. The monoisotopic (exact) mass is 1040 g/mol. The molecule has 26 heteroatoms. The Labute approximate surface area is 433 Å². The van der Waals surface area contributed by atoms with Gasteiger partial charge in [0.05, 0.1) is 6.42 Å². The van der Waals surface area contributed by atoms with E-state index in [1.807, 2.05) is 24.3 Å². The summed E-state index contributed by atoms with van der Waals surface area (Å²) < 4.78 is 0. The molecule has 3 aromatic rings. The minimum atomic E-state index is -1.60. The van der Waals surface area contributed by atoms with Crippen LogP contribution in [0, 0.1) is 0 Å². The molecule has 2 aliphatic heterocycles. The van der Waals surface area contributed by atoms with Crippen LogP contribution in [0.15, 0.2) is 70.8 Å². The van der Waals surface area contributed by atoms with Crippen molar-refractivity contribution >= 4 is 76.0 Å². The lowest BCUT2D eigenvalue weighted by Gasteiger charge is -2.31. The summed E-state index contributed by atoms with van der Waals surface area (Å²) in [7, 11) is 0. The van der Waals surface area contributed by atoms with Gasteiger partial charge in [-0.25, -0.2) is 0 Å². The molecule has 3 heterocycles. The molecular weight excluding hydrogens is 971 g/mol. The number of hydrogen-bond acceptors (Lipinski definition) is 12. The minimum Gasteiger partial charge on any atom is -0.370 e. The smallest absolute Gasteiger partial charge is 0.246 e. The van der Waals surface area contributed by atoms with E-state index >= 15 is 0 Å². The Kier molecular flexibility index (Phi) is 21.7. The van der Waals surface area contributed by atoms with Crippen molar-refractivity contribution in [3.05, 3.63) is 71.9 Å². The highest BCUT2D eigenvalue weighted by molar-refractivity contribution is 5.99. The average molecular weight is 1040 g/mol. The molecule has 0 bridgehead atoms. The zero-order chi connectivity index (χ0) is 54.6. The Morgan fingerprint density at radius 3 is 2.08 bits per heavy atom. The van der Waals surface area contributed by atoms with Crippen LogP contribution in [-0.2, 0) is 56.0 Å². The van der Waals surface area contributed by atoms with Gasteiger partial charge in [-0.3, -0.25) is 53.1 Å². The highest BCUT2D eigenvalue weighted by Crippen LogP contribution is 2.22. The van der Waals surface area contributed by atoms with Gasteiger partial charge in [0, 0.05) is 69.1 Å². The molecule has 9 amide bonds. The third-order valence-corrected chi connectivity index (χ3v) is 12.7. The molecule has 2 saturated heterocycles. The van der Waals surface area contributed by atoms with E-state index in [0.29, 0.717) is 11.1 Å². The topological polar surface area (TPSA) is 438 Å². The fourth-order valence-corrected chi connectivity index (χ4v) is 8.94. The van der Waals surface area contributed by atoms with Crippen molar-refractivity contribution < 1.29 is 43.2 Å². The zero-order valence-corrected chi connectivity index (χ0v) is 42.0. The number of aromatic amines is 1. The van der Waals surface area contributed by atoms with E-state index in [1.165, 1.54) is 6.92 Å². The fraction of sp³-hybridized carbons (Fsp3) is 0.490. The van der Waals surface area contributed by atoms with Gasteiger partial charge in [0.2, 0.25) is 53.2 Å². The summed E-state index contributed by atoms with van der Waals surface area (Å²) in [5.41, 5.74) is 36.3. The maximum atomic E-state index is 14.7. The number of aliphatic imine (C=N–C) groups is 2. The second-order valence-electron chi connectivity index (χ2n) is 18.7. The molecule has 2 aliphatic rings. The molecule has 0 saturated carbocycles. The van der Waals surface area contributed by atoms with Gasteiger partial charge in [-0.2, -0.15) is 0 Å². The molecular formula is C49H71N17O9. The van der Waals surface area contributed by atoms with Crippen molar-refractivity contribution in [2.75, 3.05) is 26.2 Å². The lowest BCUT2D eigenvalue weighted by atomic mass is 10.0. The van der Waals surface area contributed by atoms with Gasteiger partial charge in [0.25, 0.3) is 0 Å². The van der Waals surface area contributed by atoms with Crippen LogP contribution in [0.1, 0.15) is 75.8 Å². The number of fused-ring (bicyclic) bond motifs is 2. The molecule has 0 aliphatic carbocycles. The van der Waals surface area contributed by atoms with Crippen molar-refractivity contribution in [2.45, 2.75) is 126 Å². The van der Waals surface area contributed by atoms with E-state index in [2.05, 4.69) is 52.2 Å². The van der Waals surface area contributed by atoms with Crippen molar-refractivity contribution in [1.29, 1.82) is 0 Å². The second kappa shape index (κ2) is 28.2. The van der Waals surface area contributed by atoms with Crippen molar-refractivity contribution in [3.63, 3.8) is 0 Å². The van der Waals surface area contributed by atoms with Crippen LogP contribution in [0.2, 0.25) is 0 Å². The van der Waals surface area contributed by atoms with E-state index in [4.69, 9.17) is 34.4 Å². The first-order valence-electron chi connectivity index (χ1n) is 24.9. The first-order valence-corrected chi connectivity index (χ1v) is 24.9. The van der Waals surface area contributed by atoms with E-state index < -0.39 is 108 Å². The van der Waals surface area contributed by atoms with Crippen LogP contribution >= 0.6 is 0 Å². The number of benzene rings is 2. The molecule has 2 aromatic carbocycles. The van der Waals surface area contributed by atoms with Crippen LogP contribution < -0.4 is 71.6 Å².